The summed E-state index contributed by atoms with van der Waals surface area (Å²) >= 11 is 0. The van der Waals surface area contributed by atoms with Crippen LogP contribution >= 0.6 is 0 Å². The average molecular weight is 879 g/mol. The molecule has 1 unspecified atom stereocenters. The second-order valence-corrected chi connectivity index (χ2v) is 16.6. The Morgan fingerprint density at radius 1 is 0.463 bits per heavy atom. The van der Waals surface area contributed by atoms with E-state index < -0.39 is 11.8 Å². The van der Waals surface area contributed by atoms with E-state index in [2.05, 4.69) is 45.1 Å². The van der Waals surface area contributed by atoms with Crippen LogP contribution in [0.3, 0.4) is 0 Å². The highest BCUT2D eigenvalue weighted by atomic mass is 16.3. The molecule has 0 aliphatic rings. The Hall–Kier alpha value is -8.76. The van der Waals surface area contributed by atoms with Crippen LogP contribution in [0.5, 0.6) is 11.5 Å². The first kappa shape index (κ1) is 43.5. The molecular formula is C57H46N6O4. The number of anilines is 2. The Bertz CT molecular complexity index is 3410. The van der Waals surface area contributed by atoms with E-state index in [9.17, 15) is 19.8 Å². The van der Waals surface area contributed by atoms with Gasteiger partial charge in [-0.25, -0.2) is 0 Å². The summed E-state index contributed by atoms with van der Waals surface area (Å²) in [6, 6.07) is 54.9. The van der Waals surface area contributed by atoms with Crippen molar-refractivity contribution in [3.05, 3.63) is 226 Å². The standard InChI is InChI=1S/C57H46N6O4/c1-34-28-46(37(4)50(29-34)61-63-53-44-27-17-15-21-40(44)33-48(55(53)65)57(67)59-42-24-12-7-13-25-42)51(38-18-8-5-9-19-38)45-30-36(3)49(31-35(45)2)60-62-52-43-26-16-14-20-39(43)32-47(54(52)64)56(66)58-41-22-10-6-11-23-41/h5-33,51,64-65H,1-4H3,(H,58,66)(H,59,67). The molecule has 0 aromatic heterocycles. The second-order valence-electron chi connectivity index (χ2n) is 16.6. The van der Waals surface area contributed by atoms with Gasteiger partial charge < -0.3 is 20.8 Å². The third-order valence-corrected chi connectivity index (χ3v) is 12.0. The number of rotatable bonds is 11. The summed E-state index contributed by atoms with van der Waals surface area (Å²) < 4.78 is 0. The molecule has 1 atom stereocenters. The number of fused-ring (bicyclic) bond motifs is 2. The number of hydrogen-bond donors (Lipinski definition) is 4. The van der Waals surface area contributed by atoms with E-state index in [-0.39, 0.29) is 39.9 Å². The summed E-state index contributed by atoms with van der Waals surface area (Å²) in [7, 11) is 0. The van der Waals surface area contributed by atoms with Crippen LogP contribution in [-0.4, -0.2) is 22.0 Å². The number of hydrogen-bond acceptors (Lipinski definition) is 8. The molecule has 67 heavy (non-hydrogen) atoms. The molecule has 0 aliphatic carbocycles. The number of phenols is 2. The molecule has 0 saturated carbocycles. The molecule has 0 saturated heterocycles. The van der Waals surface area contributed by atoms with Crippen LogP contribution in [0.15, 0.2) is 196 Å². The lowest BCUT2D eigenvalue weighted by Crippen LogP contribution is -2.12. The average Bonchev–Trinajstić information content (AvgIpc) is 3.34. The maximum atomic E-state index is 13.5. The van der Waals surface area contributed by atoms with Gasteiger partial charge in [-0.3, -0.25) is 9.59 Å². The molecule has 0 heterocycles. The van der Waals surface area contributed by atoms with Gasteiger partial charge in [-0.05, 0) is 126 Å². The molecule has 4 N–H and O–H groups in total. The molecule has 9 rings (SSSR count). The molecule has 0 aliphatic heterocycles. The first-order valence-electron chi connectivity index (χ1n) is 21.9. The van der Waals surface area contributed by atoms with Gasteiger partial charge in [-0.2, -0.15) is 10.2 Å². The largest absolute Gasteiger partial charge is 0.505 e. The van der Waals surface area contributed by atoms with Gasteiger partial charge in [-0.1, -0.05) is 127 Å². The van der Waals surface area contributed by atoms with Crippen molar-refractivity contribution in [1.29, 1.82) is 0 Å². The minimum Gasteiger partial charge on any atom is -0.505 e. The van der Waals surface area contributed by atoms with Gasteiger partial charge in [0.1, 0.15) is 11.4 Å². The van der Waals surface area contributed by atoms with Gasteiger partial charge in [0, 0.05) is 28.1 Å². The van der Waals surface area contributed by atoms with Crippen molar-refractivity contribution in [2.75, 3.05) is 10.6 Å². The third-order valence-electron chi connectivity index (χ3n) is 12.0. The van der Waals surface area contributed by atoms with Crippen LogP contribution in [0.4, 0.5) is 34.1 Å². The Labute approximate surface area is 388 Å². The van der Waals surface area contributed by atoms with E-state index in [1.807, 2.05) is 143 Å². The zero-order valence-corrected chi connectivity index (χ0v) is 37.3. The molecule has 328 valence electrons. The highest BCUT2D eigenvalue weighted by Crippen LogP contribution is 2.44. The molecular weight excluding hydrogens is 833 g/mol. The number of carbonyl (C=O) groups is 2. The number of para-hydroxylation sites is 2. The van der Waals surface area contributed by atoms with Crippen LogP contribution in [0.2, 0.25) is 0 Å². The zero-order valence-electron chi connectivity index (χ0n) is 37.3. The smallest absolute Gasteiger partial charge is 0.259 e. The summed E-state index contributed by atoms with van der Waals surface area (Å²) in [5.41, 5.74) is 9.80. The Morgan fingerprint density at radius 2 is 0.925 bits per heavy atom. The number of nitrogens with one attached hydrogen (secondary N) is 2. The van der Waals surface area contributed by atoms with Crippen molar-refractivity contribution < 1.29 is 19.8 Å². The molecule has 10 heteroatoms. The van der Waals surface area contributed by atoms with E-state index in [1.165, 1.54) is 0 Å². The normalized spacial score (nSPS) is 11.9. The number of phenolic OH excluding ortho intramolecular Hbond substituents is 2. The van der Waals surface area contributed by atoms with Crippen LogP contribution in [-0.2, 0) is 0 Å². The topological polar surface area (TPSA) is 148 Å². The van der Waals surface area contributed by atoms with Crippen LogP contribution in [0.1, 0.15) is 65.6 Å². The Kier molecular flexibility index (Phi) is 12.2. The van der Waals surface area contributed by atoms with E-state index >= 15 is 0 Å². The first-order valence-corrected chi connectivity index (χ1v) is 21.9. The predicted octanol–water partition coefficient (Wildman–Crippen LogP) is 15.2. The number of benzene rings is 9. The highest BCUT2D eigenvalue weighted by molar-refractivity contribution is 6.13. The van der Waals surface area contributed by atoms with Crippen LogP contribution in [0, 0.1) is 27.7 Å². The van der Waals surface area contributed by atoms with Crippen molar-refractivity contribution in [2.45, 2.75) is 33.6 Å². The molecule has 9 aromatic rings. The van der Waals surface area contributed by atoms with Crippen LogP contribution in [0.25, 0.3) is 21.5 Å². The van der Waals surface area contributed by atoms with Crippen molar-refractivity contribution >= 4 is 67.5 Å². The maximum absolute atomic E-state index is 13.5. The monoisotopic (exact) mass is 878 g/mol. The molecule has 0 bridgehead atoms. The molecule has 0 radical (unpaired) electrons. The van der Waals surface area contributed by atoms with E-state index in [0.29, 0.717) is 33.5 Å². The fourth-order valence-electron chi connectivity index (χ4n) is 8.52. The van der Waals surface area contributed by atoms with E-state index in [1.54, 1.807) is 36.4 Å². The second kappa shape index (κ2) is 18.8. The summed E-state index contributed by atoms with van der Waals surface area (Å²) in [4.78, 5) is 27.0. The van der Waals surface area contributed by atoms with Gasteiger partial charge in [-0.15, -0.1) is 10.2 Å². The lowest BCUT2D eigenvalue weighted by Gasteiger charge is -2.24. The summed E-state index contributed by atoms with van der Waals surface area (Å²) in [6.07, 6.45) is 0. The quantitative estimate of drug-likeness (QED) is 0.0756. The van der Waals surface area contributed by atoms with Gasteiger partial charge >= 0.3 is 0 Å². The predicted molar refractivity (Wildman–Crippen MR) is 268 cm³/mol. The number of aryl methyl sites for hydroxylation is 3. The highest BCUT2D eigenvalue weighted by Gasteiger charge is 2.25. The zero-order chi connectivity index (χ0) is 46.6. The van der Waals surface area contributed by atoms with Crippen molar-refractivity contribution in [2.24, 2.45) is 20.5 Å². The van der Waals surface area contributed by atoms with Crippen molar-refractivity contribution in [3.8, 4) is 11.5 Å². The van der Waals surface area contributed by atoms with E-state index in [0.717, 1.165) is 49.7 Å². The van der Waals surface area contributed by atoms with Gasteiger partial charge in [0.25, 0.3) is 11.8 Å². The van der Waals surface area contributed by atoms with Gasteiger partial charge in [0.05, 0.1) is 22.5 Å². The van der Waals surface area contributed by atoms with Gasteiger partial charge in [0.2, 0.25) is 0 Å². The Balaban J connectivity index is 1.09. The molecule has 0 fully saturated rings. The minimum absolute atomic E-state index is 0.0843. The number of nitrogens with zero attached hydrogens (tertiary/aromatic N) is 4. The fourth-order valence-corrected chi connectivity index (χ4v) is 8.52. The van der Waals surface area contributed by atoms with E-state index in [4.69, 9.17) is 10.2 Å². The molecule has 0 spiro atoms. The minimum atomic E-state index is -0.465. The number of carbonyl (C=O) groups excluding carboxylic acids is 2. The van der Waals surface area contributed by atoms with Crippen molar-refractivity contribution in [1.82, 2.24) is 0 Å². The lowest BCUT2D eigenvalue weighted by atomic mass is 9.79. The maximum Gasteiger partial charge on any atom is 0.259 e. The number of azo groups is 2. The first-order chi connectivity index (χ1) is 32.5. The van der Waals surface area contributed by atoms with Crippen molar-refractivity contribution in [3.63, 3.8) is 0 Å². The molecule has 10 nitrogen and oxygen atoms in total. The molecule has 9 aromatic carbocycles. The SMILES string of the molecule is Cc1cc(N=Nc2c(O)c(C(=O)Nc3ccccc3)cc3ccccc23)c(C)c(C(c2ccccc2)c2cc(C)c(N=Nc3c(O)c(C(=O)Nc4ccccc4)cc4ccccc34)cc2C)c1. The Morgan fingerprint density at radius 3 is 1.45 bits per heavy atom. The summed E-state index contributed by atoms with van der Waals surface area (Å²) in [5.74, 6) is -1.69. The van der Waals surface area contributed by atoms with Crippen LogP contribution < -0.4 is 10.6 Å². The molecule has 2 amide bonds. The fraction of sp³-hybridized carbons (Fsp3) is 0.0877. The third kappa shape index (κ3) is 9.01. The lowest BCUT2D eigenvalue weighted by molar-refractivity contribution is 0.101. The van der Waals surface area contributed by atoms with Gasteiger partial charge in [0.15, 0.2) is 11.5 Å². The summed E-state index contributed by atoms with van der Waals surface area (Å²) in [5, 5.41) is 50.5. The summed E-state index contributed by atoms with van der Waals surface area (Å²) in [6.45, 7) is 8.07. The number of aromatic hydroxyl groups is 2. The number of amides is 2.